The predicted octanol–water partition coefficient (Wildman–Crippen LogP) is 4.21. The molecule has 0 aliphatic carbocycles. The van der Waals surface area contributed by atoms with Gasteiger partial charge in [-0.3, -0.25) is 5.10 Å². The molecule has 5 aromatic rings. The second-order valence-electron chi connectivity index (χ2n) is 7.27. The van der Waals surface area contributed by atoms with Crippen molar-refractivity contribution in [2.75, 3.05) is 23.8 Å². The number of anilines is 3. The highest BCUT2D eigenvalue weighted by atomic mass is 16.5. The van der Waals surface area contributed by atoms with Crippen molar-refractivity contribution in [3.8, 4) is 17.0 Å². The Hall–Kier alpha value is -4.07. The van der Waals surface area contributed by atoms with Gasteiger partial charge < -0.3 is 19.8 Å². The summed E-state index contributed by atoms with van der Waals surface area (Å²) in [6.07, 6.45) is 8.48. The number of benzene rings is 2. The lowest BCUT2D eigenvalue weighted by Gasteiger charge is -2.13. The highest BCUT2D eigenvalue weighted by molar-refractivity contribution is 5.84. The quantitative estimate of drug-likeness (QED) is 0.422. The van der Waals surface area contributed by atoms with E-state index < -0.39 is 0 Å². The molecular weight excluding hydrogens is 378 g/mol. The summed E-state index contributed by atoms with van der Waals surface area (Å²) < 4.78 is 7.77. The largest absolute Gasteiger partial charge is 0.491 e. The van der Waals surface area contributed by atoms with Crippen molar-refractivity contribution in [2.24, 2.45) is 0 Å². The fraction of sp³-hybridized carbons (Fsp3) is 0.136. The van der Waals surface area contributed by atoms with Crippen LogP contribution in [0.4, 0.5) is 17.2 Å². The van der Waals surface area contributed by atoms with E-state index >= 15 is 0 Å². The molecule has 0 fully saturated rings. The Kier molecular flexibility index (Phi) is 3.80. The van der Waals surface area contributed by atoms with Crippen molar-refractivity contribution in [1.29, 1.82) is 0 Å². The third-order valence-electron chi connectivity index (χ3n) is 5.25. The monoisotopic (exact) mass is 397 g/mol. The number of aromatic nitrogens is 5. The maximum absolute atomic E-state index is 5.79. The summed E-state index contributed by atoms with van der Waals surface area (Å²) in [5.41, 5.74) is 5.49. The number of nitrogens with one attached hydrogen (secondary N) is 3. The van der Waals surface area contributed by atoms with Crippen LogP contribution in [0.3, 0.4) is 0 Å². The van der Waals surface area contributed by atoms with E-state index in [0.29, 0.717) is 5.82 Å². The van der Waals surface area contributed by atoms with Gasteiger partial charge in [-0.2, -0.15) is 5.10 Å². The van der Waals surface area contributed by atoms with Crippen LogP contribution in [0, 0.1) is 0 Å². The maximum atomic E-state index is 5.79. The predicted molar refractivity (Wildman–Crippen MR) is 116 cm³/mol. The summed E-state index contributed by atoms with van der Waals surface area (Å²) in [4.78, 5) is 9.36. The molecule has 3 aromatic heterocycles. The minimum atomic E-state index is 0.691. The third-order valence-corrected chi connectivity index (χ3v) is 5.25. The van der Waals surface area contributed by atoms with Gasteiger partial charge in [0.1, 0.15) is 5.75 Å². The Morgan fingerprint density at radius 3 is 3.13 bits per heavy atom. The molecule has 30 heavy (non-hydrogen) atoms. The van der Waals surface area contributed by atoms with Crippen molar-refractivity contribution < 1.29 is 4.74 Å². The molecule has 6 rings (SSSR count). The lowest BCUT2D eigenvalue weighted by Crippen LogP contribution is -2.02. The molecule has 148 valence electrons. The van der Waals surface area contributed by atoms with Gasteiger partial charge in [-0.1, -0.05) is 12.1 Å². The van der Waals surface area contributed by atoms with Crippen LogP contribution in [0.2, 0.25) is 0 Å². The first-order valence-corrected chi connectivity index (χ1v) is 9.88. The smallest absolute Gasteiger partial charge is 0.180 e. The van der Waals surface area contributed by atoms with E-state index in [1.165, 1.54) is 0 Å². The van der Waals surface area contributed by atoms with Crippen LogP contribution < -0.4 is 15.4 Å². The van der Waals surface area contributed by atoms with Crippen LogP contribution in [0.25, 0.3) is 27.8 Å². The van der Waals surface area contributed by atoms with Gasteiger partial charge in [-0.15, -0.1) is 0 Å². The molecule has 0 spiro atoms. The summed E-state index contributed by atoms with van der Waals surface area (Å²) in [7, 11) is 0. The molecule has 1 aliphatic rings. The number of aromatic amines is 1. The van der Waals surface area contributed by atoms with Crippen molar-refractivity contribution >= 4 is 33.7 Å². The van der Waals surface area contributed by atoms with Gasteiger partial charge in [0, 0.05) is 41.8 Å². The van der Waals surface area contributed by atoms with Crippen LogP contribution in [0.5, 0.6) is 5.75 Å². The maximum Gasteiger partial charge on any atom is 0.180 e. The Morgan fingerprint density at radius 1 is 1.13 bits per heavy atom. The molecule has 2 aromatic carbocycles. The van der Waals surface area contributed by atoms with Gasteiger partial charge in [0.2, 0.25) is 0 Å². The van der Waals surface area contributed by atoms with E-state index in [1.54, 1.807) is 6.20 Å². The van der Waals surface area contributed by atoms with Crippen LogP contribution in [-0.2, 0) is 0 Å². The zero-order valence-electron chi connectivity index (χ0n) is 16.1. The molecule has 8 heteroatoms. The van der Waals surface area contributed by atoms with Crippen LogP contribution in [0.1, 0.15) is 6.42 Å². The van der Waals surface area contributed by atoms with Crippen LogP contribution in [0.15, 0.2) is 61.2 Å². The highest BCUT2D eigenvalue weighted by Gasteiger charge is 2.13. The van der Waals surface area contributed by atoms with Gasteiger partial charge >= 0.3 is 0 Å². The Bertz CT molecular complexity index is 1370. The molecular formula is C22H19N7O. The van der Waals surface area contributed by atoms with Gasteiger partial charge in [0.25, 0.3) is 0 Å². The molecule has 0 saturated heterocycles. The van der Waals surface area contributed by atoms with E-state index in [4.69, 9.17) is 9.72 Å². The molecule has 0 saturated carbocycles. The Labute approximate surface area is 171 Å². The summed E-state index contributed by atoms with van der Waals surface area (Å²) in [5, 5.41) is 15.0. The van der Waals surface area contributed by atoms with Crippen LogP contribution >= 0.6 is 0 Å². The van der Waals surface area contributed by atoms with Gasteiger partial charge in [-0.05, 0) is 30.7 Å². The average molecular weight is 397 g/mol. The number of hydrogen-bond acceptors (Lipinski definition) is 6. The van der Waals surface area contributed by atoms with Crippen molar-refractivity contribution in [2.45, 2.75) is 6.42 Å². The molecule has 0 unspecified atom stereocenters. The standard InChI is InChI=1S/C22H19N7O/c1-6-23-18-11-16(4-5-20(18)30-9-1)26-21-22-24-7-8-29(22)13-19(27-21)14-2-3-15-12-25-28-17(15)10-14/h2-5,7-8,10-13,23H,1,6,9H2,(H,25,28)(H,26,27). The normalized spacial score (nSPS) is 13.5. The second kappa shape index (κ2) is 6.77. The molecule has 0 radical (unpaired) electrons. The molecule has 3 N–H and O–H groups in total. The molecule has 0 bridgehead atoms. The topological polar surface area (TPSA) is 92.2 Å². The van der Waals surface area contributed by atoms with E-state index in [0.717, 1.165) is 64.5 Å². The summed E-state index contributed by atoms with van der Waals surface area (Å²) in [5.74, 6) is 1.57. The lowest BCUT2D eigenvalue weighted by molar-refractivity contribution is 0.323. The zero-order chi connectivity index (χ0) is 19.9. The number of hydrogen-bond donors (Lipinski definition) is 3. The van der Waals surface area contributed by atoms with E-state index in [2.05, 4.69) is 37.9 Å². The fourth-order valence-corrected chi connectivity index (χ4v) is 3.74. The summed E-state index contributed by atoms with van der Waals surface area (Å²) in [6, 6.07) is 12.2. The molecule has 8 nitrogen and oxygen atoms in total. The first kappa shape index (κ1) is 16.8. The first-order valence-electron chi connectivity index (χ1n) is 9.88. The van der Waals surface area contributed by atoms with E-state index in [1.807, 2.05) is 47.3 Å². The molecule has 4 heterocycles. The zero-order valence-corrected chi connectivity index (χ0v) is 16.1. The van der Waals surface area contributed by atoms with Crippen molar-refractivity contribution in [3.63, 3.8) is 0 Å². The number of rotatable bonds is 3. The molecule has 0 atom stereocenters. The number of fused-ring (bicyclic) bond motifs is 3. The Morgan fingerprint density at radius 2 is 2.13 bits per heavy atom. The third kappa shape index (κ3) is 2.89. The van der Waals surface area contributed by atoms with Gasteiger partial charge in [0.05, 0.1) is 29.7 Å². The second-order valence-corrected chi connectivity index (χ2v) is 7.27. The highest BCUT2D eigenvalue weighted by Crippen LogP contribution is 2.32. The van der Waals surface area contributed by atoms with Gasteiger partial charge in [0.15, 0.2) is 11.5 Å². The first-order chi connectivity index (χ1) is 14.8. The number of imidazole rings is 1. The van der Waals surface area contributed by atoms with E-state index in [-0.39, 0.29) is 0 Å². The Balaban J connectivity index is 1.42. The van der Waals surface area contributed by atoms with Crippen LogP contribution in [-0.4, -0.2) is 37.7 Å². The minimum absolute atomic E-state index is 0.691. The molecule has 0 amide bonds. The average Bonchev–Trinajstić information content (AvgIpc) is 3.37. The minimum Gasteiger partial charge on any atom is -0.491 e. The molecule has 1 aliphatic heterocycles. The van der Waals surface area contributed by atoms with Gasteiger partial charge in [-0.25, -0.2) is 9.97 Å². The number of ether oxygens (including phenoxy) is 1. The number of H-pyrrole nitrogens is 1. The number of nitrogens with zero attached hydrogens (tertiary/aromatic N) is 4. The SMILES string of the molecule is c1cn2cc(-c3ccc4cn[nH]c4c3)nc(Nc3ccc4c(c3)NCCCO4)c2n1. The van der Waals surface area contributed by atoms with Crippen molar-refractivity contribution in [3.05, 3.63) is 61.2 Å². The van der Waals surface area contributed by atoms with E-state index in [9.17, 15) is 0 Å². The summed E-state index contributed by atoms with van der Waals surface area (Å²) >= 11 is 0. The fourth-order valence-electron chi connectivity index (χ4n) is 3.74. The van der Waals surface area contributed by atoms with Crippen molar-refractivity contribution in [1.82, 2.24) is 24.6 Å². The summed E-state index contributed by atoms with van der Waals surface area (Å²) in [6.45, 7) is 1.62. The lowest BCUT2D eigenvalue weighted by atomic mass is 10.1.